The molecule has 0 aromatic heterocycles. The zero-order chi connectivity index (χ0) is 26.6. The number of rotatable bonds is 9. The molecule has 1 N–H and O–H groups in total. The van der Waals surface area contributed by atoms with Crippen LogP contribution in [-0.2, 0) is 14.4 Å². The van der Waals surface area contributed by atoms with Crippen molar-refractivity contribution < 1.29 is 38.4 Å². The van der Waals surface area contributed by atoms with E-state index in [0.29, 0.717) is 17.9 Å². The van der Waals surface area contributed by atoms with Crippen molar-refractivity contribution in [3.8, 4) is 23.0 Å². The second-order valence-corrected chi connectivity index (χ2v) is 8.34. The molecular weight excluding hydrogens is 468 g/mol. The molecule has 1 atom stereocenters. The van der Waals surface area contributed by atoms with Crippen LogP contribution in [0, 0.1) is 0 Å². The molecular formula is C26H30N2O8. The minimum absolute atomic E-state index is 0.121. The number of likely N-dealkylation sites (tertiary alicyclic amines) is 1. The molecule has 3 rings (SSSR count). The Hall–Kier alpha value is -4.05. The number of ketones is 1. The van der Waals surface area contributed by atoms with Gasteiger partial charge in [0, 0.05) is 20.0 Å². The van der Waals surface area contributed by atoms with Crippen molar-refractivity contribution in [2.24, 2.45) is 0 Å². The fraction of sp³-hybridized carbons (Fsp3) is 0.346. The number of aliphatic hydroxyl groups is 1. The number of amides is 1. The van der Waals surface area contributed by atoms with Gasteiger partial charge in [-0.2, -0.15) is 0 Å². The first-order chi connectivity index (χ1) is 17.1. The molecule has 1 heterocycles. The zero-order valence-electron chi connectivity index (χ0n) is 21.2. The molecule has 1 unspecified atom stereocenters. The van der Waals surface area contributed by atoms with Crippen LogP contribution >= 0.6 is 0 Å². The molecule has 1 amide bonds. The molecule has 1 fully saturated rings. The van der Waals surface area contributed by atoms with Gasteiger partial charge in [-0.05, 0) is 43.9 Å². The van der Waals surface area contributed by atoms with Crippen LogP contribution < -0.4 is 18.9 Å². The highest BCUT2D eigenvalue weighted by Crippen LogP contribution is 2.44. The molecule has 1 saturated heterocycles. The summed E-state index contributed by atoms with van der Waals surface area (Å²) in [5.74, 6) is -1.67. The molecule has 0 aliphatic carbocycles. The quantitative estimate of drug-likeness (QED) is 0.183. The maximum Gasteiger partial charge on any atom is 0.308 e. The number of methoxy groups -OCH3 is 3. The summed E-state index contributed by atoms with van der Waals surface area (Å²) in [6.07, 6.45) is 0. The number of nitrogens with zero attached hydrogens (tertiary/aromatic N) is 2. The van der Waals surface area contributed by atoms with E-state index in [4.69, 9.17) is 18.9 Å². The minimum Gasteiger partial charge on any atom is -0.506 e. The van der Waals surface area contributed by atoms with Gasteiger partial charge < -0.3 is 33.9 Å². The summed E-state index contributed by atoms with van der Waals surface area (Å²) in [6, 6.07) is 8.67. The monoisotopic (exact) mass is 498 g/mol. The second kappa shape index (κ2) is 11.1. The summed E-state index contributed by atoms with van der Waals surface area (Å²) >= 11 is 0. The Morgan fingerprint density at radius 3 is 2.11 bits per heavy atom. The second-order valence-electron chi connectivity index (χ2n) is 8.34. The van der Waals surface area contributed by atoms with Crippen molar-refractivity contribution in [1.29, 1.82) is 0 Å². The predicted molar refractivity (Wildman–Crippen MR) is 131 cm³/mol. The van der Waals surface area contributed by atoms with Gasteiger partial charge in [0.15, 0.2) is 11.5 Å². The fourth-order valence-corrected chi connectivity index (χ4v) is 4.08. The average Bonchev–Trinajstić information content (AvgIpc) is 3.10. The van der Waals surface area contributed by atoms with Gasteiger partial charge in [0.1, 0.15) is 22.8 Å². The molecule has 192 valence electrons. The van der Waals surface area contributed by atoms with Crippen molar-refractivity contribution in [3.05, 3.63) is 53.1 Å². The third-order valence-corrected chi connectivity index (χ3v) is 5.75. The van der Waals surface area contributed by atoms with Gasteiger partial charge in [-0.15, -0.1) is 0 Å². The van der Waals surface area contributed by atoms with Crippen molar-refractivity contribution >= 4 is 23.4 Å². The van der Waals surface area contributed by atoms with Gasteiger partial charge in [0.2, 0.25) is 0 Å². The fourth-order valence-electron chi connectivity index (χ4n) is 4.08. The number of carbonyl (C=O) groups excluding carboxylic acids is 3. The summed E-state index contributed by atoms with van der Waals surface area (Å²) in [7, 11) is 7.97. The summed E-state index contributed by atoms with van der Waals surface area (Å²) in [5, 5.41) is 11.5. The molecule has 2 aromatic carbocycles. The van der Waals surface area contributed by atoms with Crippen LogP contribution in [0.5, 0.6) is 23.0 Å². The average molecular weight is 499 g/mol. The molecule has 2 aromatic rings. The Morgan fingerprint density at radius 2 is 1.58 bits per heavy atom. The van der Waals surface area contributed by atoms with Gasteiger partial charge in [-0.1, -0.05) is 12.1 Å². The molecule has 0 bridgehead atoms. The summed E-state index contributed by atoms with van der Waals surface area (Å²) < 4.78 is 21.4. The number of aliphatic hydroxyl groups excluding tert-OH is 1. The van der Waals surface area contributed by atoms with Crippen LogP contribution in [0.4, 0.5) is 0 Å². The molecule has 0 spiro atoms. The van der Waals surface area contributed by atoms with Crippen LogP contribution in [0.25, 0.3) is 5.76 Å². The Labute approximate surface area is 209 Å². The van der Waals surface area contributed by atoms with E-state index >= 15 is 0 Å². The van der Waals surface area contributed by atoms with Gasteiger partial charge in [0.05, 0.1) is 32.9 Å². The number of benzene rings is 2. The third kappa shape index (κ3) is 5.13. The van der Waals surface area contributed by atoms with Crippen molar-refractivity contribution in [3.63, 3.8) is 0 Å². The largest absolute Gasteiger partial charge is 0.506 e. The Kier molecular flexibility index (Phi) is 8.21. The normalized spacial score (nSPS) is 16.9. The van der Waals surface area contributed by atoms with Crippen LogP contribution in [0.15, 0.2) is 42.0 Å². The number of Topliss-reactive ketones (excluding diaryl/α,β-unsaturated/α-hetero) is 1. The maximum absolute atomic E-state index is 13.3. The van der Waals surface area contributed by atoms with E-state index in [1.54, 1.807) is 30.3 Å². The van der Waals surface area contributed by atoms with E-state index in [0.717, 1.165) is 0 Å². The number of likely N-dealkylation sites (N-methyl/N-ethyl adjacent to an activating group) is 1. The van der Waals surface area contributed by atoms with Crippen molar-refractivity contribution in [2.45, 2.75) is 13.0 Å². The molecule has 1 aliphatic rings. The molecule has 0 radical (unpaired) electrons. The van der Waals surface area contributed by atoms with Crippen LogP contribution in [0.1, 0.15) is 24.1 Å². The Balaban J connectivity index is 2.29. The SMILES string of the molecule is COc1ccc(C2/C(=C(\O)c3c(OC)cccc3OC)C(=O)C(=O)N2CCN(C)C)cc1OC(C)=O. The van der Waals surface area contributed by atoms with Crippen LogP contribution in [-0.4, -0.2) is 81.1 Å². The highest BCUT2D eigenvalue weighted by Gasteiger charge is 2.46. The highest BCUT2D eigenvalue weighted by atomic mass is 16.6. The van der Waals surface area contributed by atoms with E-state index in [1.165, 1.54) is 39.2 Å². The standard InChI is InChI=1S/C26H30N2O8/c1-15(29)36-20-14-16(10-11-17(20)33-4)23-22(25(31)26(32)28(23)13-12-27(2)3)24(30)21-18(34-5)8-7-9-19(21)35-6/h7-11,14,23,30H,12-13H2,1-6H3/b24-22+. The molecule has 10 heteroatoms. The molecule has 36 heavy (non-hydrogen) atoms. The Bertz CT molecular complexity index is 1180. The van der Waals surface area contributed by atoms with Gasteiger partial charge >= 0.3 is 5.97 Å². The van der Waals surface area contributed by atoms with E-state index < -0.39 is 29.5 Å². The number of esters is 1. The van der Waals surface area contributed by atoms with Crippen molar-refractivity contribution in [2.75, 3.05) is 48.5 Å². The predicted octanol–water partition coefficient (Wildman–Crippen LogP) is 2.62. The van der Waals surface area contributed by atoms with Gasteiger partial charge in [0.25, 0.3) is 11.7 Å². The Morgan fingerprint density at radius 1 is 0.972 bits per heavy atom. The molecule has 0 saturated carbocycles. The topological polar surface area (TPSA) is 115 Å². The lowest BCUT2D eigenvalue weighted by atomic mass is 9.94. The lowest BCUT2D eigenvalue weighted by Gasteiger charge is -2.27. The van der Waals surface area contributed by atoms with Gasteiger partial charge in [-0.25, -0.2) is 0 Å². The summed E-state index contributed by atoms with van der Waals surface area (Å²) in [6.45, 7) is 1.93. The lowest BCUT2D eigenvalue weighted by molar-refractivity contribution is -0.140. The zero-order valence-corrected chi connectivity index (χ0v) is 21.2. The van der Waals surface area contributed by atoms with Gasteiger partial charge in [-0.3, -0.25) is 14.4 Å². The summed E-state index contributed by atoms with van der Waals surface area (Å²) in [4.78, 5) is 41.4. The van der Waals surface area contributed by atoms with E-state index in [-0.39, 0.29) is 34.9 Å². The molecule has 10 nitrogen and oxygen atoms in total. The van der Waals surface area contributed by atoms with Crippen LogP contribution in [0.2, 0.25) is 0 Å². The number of hydrogen-bond acceptors (Lipinski definition) is 9. The third-order valence-electron chi connectivity index (χ3n) is 5.75. The van der Waals surface area contributed by atoms with Crippen LogP contribution in [0.3, 0.4) is 0 Å². The first-order valence-corrected chi connectivity index (χ1v) is 11.1. The summed E-state index contributed by atoms with van der Waals surface area (Å²) in [5.41, 5.74) is 0.452. The maximum atomic E-state index is 13.3. The van der Waals surface area contributed by atoms with E-state index in [1.807, 2.05) is 19.0 Å². The number of carbonyl (C=O) groups is 3. The minimum atomic E-state index is -0.972. The number of hydrogen-bond donors (Lipinski definition) is 1. The highest BCUT2D eigenvalue weighted by molar-refractivity contribution is 6.46. The van der Waals surface area contributed by atoms with E-state index in [2.05, 4.69) is 0 Å². The molecule has 1 aliphatic heterocycles. The first-order valence-electron chi connectivity index (χ1n) is 11.1. The van der Waals surface area contributed by atoms with Crippen molar-refractivity contribution in [1.82, 2.24) is 9.80 Å². The van der Waals surface area contributed by atoms with E-state index in [9.17, 15) is 19.5 Å². The first kappa shape index (κ1) is 26.6. The smallest absolute Gasteiger partial charge is 0.308 e. The lowest BCUT2D eigenvalue weighted by Crippen LogP contribution is -2.35. The number of ether oxygens (including phenoxy) is 4.